The summed E-state index contributed by atoms with van der Waals surface area (Å²) in [6.07, 6.45) is 1.78. The number of hydrogen-bond acceptors (Lipinski definition) is 2. The van der Waals surface area contributed by atoms with Crippen molar-refractivity contribution in [2.45, 2.75) is 31.0 Å². The molecule has 0 radical (unpaired) electrons. The predicted molar refractivity (Wildman–Crippen MR) is 60.1 cm³/mol. The molecule has 0 aliphatic heterocycles. The zero-order valence-corrected chi connectivity index (χ0v) is 9.80. The minimum atomic E-state index is -0.749. The average molecular weight is 245 g/mol. The quantitative estimate of drug-likeness (QED) is 0.886. The van der Waals surface area contributed by atoms with Crippen LogP contribution in [0, 0.1) is 5.82 Å². The van der Waals surface area contributed by atoms with Crippen LogP contribution < -0.4 is 0 Å². The van der Waals surface area contributed by atoms with Gasteiger partial charge in [0.25, 0.3) is 0 Å². The van der Waals surface area contributed by atoms with Gasteiger partial charge in [-0.1, -0.05) is 17.7 Å². The number of hydrogen-bond donors (Lipinski definition) is 1. The van der Waals surface area contributed by atoms with Crippen molar-refractivity contribution in [1.29, 1.82) is 0 Å². The van der Waals surface area contributed by atoms with E-state index in [-0.39, 0.29) is 11.1 Å². The van der Waals surface area contributed by atoms with Crippen LogP contribution in [0.3, 0.4) is 0 Å². The standard InChI is InChI=1S/C12H14ClFO2/c1-16-9-6-12(15,7-9)5-8-2-3-10(13)11(14)4-8/h2-4,9,15H,5-7H2,1H3. The Labute approximate surface area is 99.0 Å². The Morgan fingerprint density at radius 3 is 2.81 bits per heavy atom. The molecule has 4 heteroatoms. The number of rotatable bonds is 3. The summed E-state index contributed by atoms with van der Waals surface area (Å²) >= 11 is 5.59. The van der Waals surface area contributed by atoms with Gasteiger partial charge in [-0.3, -0.25) is 0 Å². The first-order valence-corrected chi connectivity index (χ1v) is 5.59. The fraction of sp³-hybridized carbons (Fsp3) is 0.500. The smallest absolute Gasteiger partial charge is 0.142 e. The molecule has 0 amide bonds. The number of methoxy groups -OCH3 is 1. The second kappa shape index (κ2) is 4.32. The molecule has 88 valence electrons. The van der Waals surface area contributed by atoms with Crippen molar-refractivity contribution < 1.29 is 14.2 Å². The Morgan fingerprint density at radius 1 is 1.56 bits per heavy atom. The van der Waals surface area contributed by atoms with Crippen molar-refractivity contribution in [1.82, 2.24) is 0 Å². The lowest BCUT2D eigenvalue weighted by Crippen LogP contribution is -2.49. The van der Waals surface area contributed by atoms with Crippen LogP contribution in [0.2, 0.25) is 5.02 Å². The van der Waals surface area contributed by atoms with Crippen LogP contribution in [0.4, 0.5) is 4.39 Å². The molecule has 0 bridgehead atoms. The molecule has 1 fully saturated rings. The van der Waals surface area contributed by atoms with E-state index in [0.29, 0.717) is 19.3 Å². The maximum atomic E-state index is 13.2. The van der Waals surface area contributed by atoms with E-state index in [2.05, 4.69) is 0 Å². The fourth-order valence-electron chi connectivity index (χ4n) is 2.13. The Morgan fingerprint density at radius 2 is 2.25 bits per heavy atom. The minimum Gasteiger partial charge on any atom is -0.389 e. The highest BCUT2D eigenvalue weighted by atomic mass is 35.5. The highest BCUT2D eigenvalue weighted by Crippen LogP contribution is 2.37. The highest BCUT2D eigenvalue weighted by Gasteiger charge is 2.42. The summed E-state index contributed by atoms with van der Waals surface area (Å²) in [5, 5.41) is 10.2. The van der Waals surface area contributed by atoms with Gasteiger partial charge >= 0.3 is 0 Å². The summed E-state index contributed by atoms with van der Waals surface area (Å²) in [5.74, 6) is -0.439. The van der Waals surface area contributed by atoms with Gasteiger partial charge in [0.05, 0.1) is 16.7 Å². The monoisotopic (exact) mass is 244 g/mol. The fourth-order valence-corrected chi connectivity index (χ4v) is 2.25. The van der Waals surface area contributed by atoms with Gasteiger partial charge in [-0.2, -0.15) is 0 Å². The molecule has 2 rings (SSSR count). The van der Waals surface area contributed by atoms with Crippen LogP contribution in [-0.4, -0.2) is 23.9 Å². The van der Waals surface area contributed by atoms with E-state index in [0.717, 1.165) is 5.56 Å². The summed E-state index contributed by atoms with van der Waals surface area (Å²) in [6.45, 7) is 0. The van der Waals surface area contributed by atoms with E-state index in [4.69, 9.17) is 16.3 Å². The highest BCUT2D eigenvalue weighted by molar-refractivity contribution is 6.30. The van der Waals surface area contributed by atoms with Crippen LogP contribution in [-0.2, 0) is 11.2 Å². The van der Waals surface area contributed by atoms with Crippen molar-refractivity contribution in [2.75, 3.05) is 7.11 Å². The molecule has 1 aromatic carbocycles. The molecular formula is C12H14ClFO2. The molecule has 1 aromatic rings. The molecule has 16 heavy (non-hydrogen) atoms. The molecule has 1 N–H and O–H groups in total. The summed E-state index contributed by atoms with van der Waals surface area (Å²) in [7, 11) is 1.63. The van der Waals surface area contributed by atoms with Gasteiger partial charge in [0.1, 0.15) is 5.82 Å². The largest absolute Gasteiger partial charge is 0.389 e. The second-order valence-corrected chi connectivity index (χ2v) is 4.82. The summed E-state index contributed by atoms with van der Waals surface area (Å²) < 4.78 is 18.3. The number of halogens is 2. The first kappa shape index (κ1) is 11.8. The van der Waals surface area contributed by atoms with E-state index in [1.807, 2.05) is 0 Å². The van der Waals surface area contributed by atoms with E-state index < -0.39 is 11.4 Å². The third-order valence-electron chi connectivity index (χ3n) is 3.07. The van der Waals surface area contributed by atoms with Crippen molar-refractivity contribution >= 4 is 11.6 Å². The van der Waals surface area contributed by atoms with Gasteiger partial charge in [-0.15, -0.1) is 0 Å². The van der Waals surface area contributed by atoms with Gasteiger partial charge in [0.15, 0.2) is 0 Å². The van der Waals surface area contributed by atoms with Gasteiger partial charge < -0.3 is 9.84 Å². The number of benzene rings is 1. The SMILES string of the molecule is COC1CC(O)(Cc2ccc(Cl)c(F)c2)C1. The third-order valence-corrected chi connectivity index (χ3v) is 3.37. The molecular weight excluding hydrogens is 231 g/mol. The van der Waals surface area contributed by atoms with Gasteiger partial charge in [-0.25, -0.2) is 4.39 Å². The number of ether oxygens (including phenoxy) is 1. The summed E-state index contributed by atoms with van der Waals surface area (Å²) in [6, 6.07) is 4.63. The van der Waals surface area contributed by atoms with Gasteiger partial charge in [0.2, 0.25) is 0 Å². The molecule has 0 atom stereocenters. The molecule has 0 unspecified atom stereocenters. The second-order valence-electron chi connectivity index (χ2n) is 4.42. The van der Waals surface area contributed by atoms with Crippen molar-refractivity contribution in [2.24, 2.45) is 0 Å². The van der Waals surface area contributed by atoms with Gasteiger partial charge in [0, 0.05) is 26.4 Å². The molecule has 0 saturated heterocycles. The van der Waals surface area contributed by atoms with Crippen LogP contribution >= 0.6 is 11.6 Å². The predicted octanol–water partition coefficient (Wildman–Crippen LogP) is 2.56. The molecule has 0 heterocycles. The maximum Gasteiger partial charge on any atom is 0.142 e. The topological polar surface area (TPSA) is 29.5 Å². The molecule has 2 nitrogen and oxygen atoms in total. The lowest BCUT2D eigenvalue weighted by Gasteiger charge is -2.42. The van der Waals surface area contributed by atoms with Crippen molar-refractivity contribution in [3.63, 3.8) is 0 Å². The molecule has 1 aliphatic carbocycles. The van der Waals surface area contributed by atoms with Crippen molar-refractivity contribution in [3.05, 3.63) is 34.6 Å². The Hall–Kier alpha value is -0.640. The molecule has 0 spiro atoms. The average Bonchev–Trinajstić information content (AvgIpc) is 2.20. The minimum absolute atomic E-state index is 0.110. The van der Waals surface area contributed by atoms with E-state index >= 15 is 0 Å². The summed E-state index contributed by atoms with van der Waals surface area (Å²) in [5.41, 5.74) is 0.0139. The third kappa shape index (κ3) is 2.37. The summed E-state index contributed by atoms with van der Waals surface area (Å²) in [4.78, 5) is 0. The van der Waals surface area contributed by atoms with Crippen molar-refractivity contribution in [3.8, 4) is 0 Å². The molecule has 1 saturated carbocycles. The lowest BCUT2D eigenvalue weighted by atomic mass is 9.74. The Bertz CT molecular complexity index is 389. The zero-order valence-electron chi connectivity index (χ0n) is 9.04. The van der Waals surface area contributed by atoms with Crippen LogP contribution in [0.5, 0.6) is 0 Å². The Balaban J connectivity index is 2.02. The number of aliphatic hydroxyl groups is 1. The first-order valence-electron chi connectivity index (χ1n) is 5.21. The van der Waals surface area contributed by atoms with Crippen LogP contribution in [0.1, 0.15) is 18.4 Å². The van der Waals surface area contributed by atoms with E-state index in [1.54, 1.807) is 13.2 Å². The van der Waals surface area contributed by atoms with E-state index in [9.17, 15) is 9.50 Å². The van der Waals surface area contributed by atoms with Crippen LogP contribution in [0.15, 0.2) is 18.2 Å². The zero-order chi connectivity index (χ0) is 11.8. The van der Waals surface area contributed by atoms with Crippen LogP contribution in [0.25, 0.3) is 0 Å². The molecule has 0 aromatic heterocycles. The maximum absolute atomic E-state index is 13.2. The Kier molecular flexibility index (Phi) is 3.19. The molecule has 1 aliphatic rings. The van der Waals surface area contributed by atoms with E-state index in [1.165, 1.54) is 12.1 Å². The lowest BCUT2D eigenvalue weighted by molar-refractivity contribution is -0.126. The normalized spacial score (nSPS) is 28.9. The first-order chi connectivity index (χ1) is 7.52. The van der Waals surface area contributed by atoms with Gasteiger partial charge in [-0.05, 0) is 17.7 Å².